The summed E-state index contributed by atoms with van der Waals surface area (Å²) >= 11 is 0.938. The second-order valence-corrected chi connectivity index (χ2v) is 4.84. The Morgan fingerprint density at radius 3 is 2.80 bits per heavy atom. The fourth-order valence-electron chi connectivity index (χ4n) is 1.30. The summed E-state index contributed by atoms with van der Waals surface area (Å²) in [6.07, 6.45) is -4.13. The first-order valence-corrected chi connectivity index (χ1v) is 6.79. The summed E-state index contributed by atoms with van der Waals surface area (Å²) in [5, 5.41) is 6.79. The van der Waals surface area contributed by atoms with Gasteiger partial charge in [0.2, 0.25) is 5.91 Å². The first-order valence-electron chi connectivity index (χ1n) is 5.91. The van der Waals surface area contributed by atoms with E-state index in [0.717, 1.165) is 16.7 Å². The van der Waals surface area contributed by atoms with E-state index in [1.807, 2.05) is 0 Å². The lowest BCUT2D eigenvalue weighted by molar-refractivity contribution is -0.140. The molecule has 0 aliphatic rings. The number of nitrogens with one attached hydrogen (secondary N) is 2. The summed E-state index contributed by atoms with van der Waals surface area (Å²) in [4.78, 5) is 14.8. The van der Waals surface area contributed by atoms with E-state index in [1.54, 1.807) is 7.11 Å². The van der Waals surface area contributed by atoms with Crippen molar-refractivity contribution in [2.45, 2.75) is 12.6 Å². The molecule has 0 radical (unpaired) electrons. The molecule has 0 aromatic carbocycles. The van der Waals surface area contributed by atoms with Crippen molar-refractivity contribution in [2.75, 3.05) is 33.4 Å². The molecule has 1 aromatic heterocycles. The van der Waals surface area contributed by atoms with Gasteiger partial charge in [-0.1, -0.05) is 0 Å². The van der Waals surface area contributed by atoms with Gasteiger partial charge in [-0.05, 0) is 0 Å². The normalized spacial score (nSPS) is 11.6. The molecule has 1 amide bonds. The van der Waals surface area contributed by atoms with Crippen LogP contribution in [0.2, 0.25) is 0 Å². The molecule has 0 unspecified atom stereocenters. The zero-order valence-electron chi connectivity index (χ0n) is 10.9. The second kappa shape index (κ2) is 8.18. The van der Waals surface area contributed by atoms with Crippen LogP contribution in [0, 0.1) is 0 Å². The lowest BCUT2D eigenvalue weighted by Crippen LogP contribution is -2.36. The molecule has 0 saturated heterocycles. The van der Waals surface area contributed by atoms with E-state index < -0.39 is 11.9 Å². The van der Waals surface area contributed by atoms with E-state index in [-0.39, 0.29) is 25.4 Å². The Balaban J connectivity index is 2.20. The van der Waals surface area contributed by atoms with Crippen LogP contribution in [-0.4, -0.2) is 44.2 Å². The highest BCUT2D eigenvalue weighted by atomic mass is 32.1. The number of nitrogens with zero attached hydrogens (tertiary/aromatic N) is 1. The van der Waals surface area contributed by atoms with Crippen LogP contribution in [0.25, 0.3) is 0 Å². The van der Waals surface area contributed by atoms with Crippen LogP contribution in [0.4, 0.5) is 13.2 Å². The number of rotatable bonds is 8. The van der Waals surface area contributed by atoms with Crippen LogP contribution < -0.4 is 10.6 Å². The minimum atomic E-state index is -4.41. The SMILES string of the molecule is COCCNCC(=O)NCCc1nc(C(F)(F)F)cs1. The monoisotopic (exact) mass is 311 g/mol. The molecule has 5 nitrogen and oxygen atoms in total. The molecule has 0 aliphatic carbocycles. The number of thiazole rings is 1. The molecule has 9 heteroatoms. The number of methoxy groups -OCH3 is 1. The van der Waals surface area contributed by atoms with Crippen LogP contribution in [0.1, 0.15) is 10.7 Å². The van der Waals surface area contributed by atoms with Crippen molar-refractivity contribution in [1.29, 1.82) is 0 Å². The Kier molecular flexibility index (Phi) is 6.89. The minimum Gasteiger partial charge on any atom is -0.383 e. The Hall–Kier alpha value is -1.19. The number of alkyl halides is 3. The summed E-state index contributed by atoms with van der Waals surface area (Å²) in [7, 11) is 1.56. The third-order valence-corrected chi connectivity index (χ3v) is 3.18. The minimum absolute atomic E-state index is 0.148. The van der Waals surface area contributed by atoms with Crippen LogP contribution in [0.15, 0.2) is 5.38 Å². The highest BCUT2D eigenvalue weighted by Gasteiger charge is 2.33. The number of aromatic nitrogens is 1. The summed E-state index contributed by atoms with van der Waals surface area (Å²) in [6, 6.07) is 0. The van der Waals surface area contributed by atoms with Crippen LogP contribution in [0.3, 0.4) is 0 Å². The molecule has 0 bridgehead atoms. The summed E-state index contributed by atoms with van der Waals surface area (Å²) < 4.78 is 41.7. The second-order valence-electron chi connectivity index (χ2n) is 3.89. The lowest BCUT2D eigenvalue weighted by atomic mass is 10.4. The largest absolute Gasteiger partial charge is 0.434 e. The summed E-state index contributed by atoms with van der Waals surface area (Å²) in [6.45, 7) is 1.47. The van der Waals surface area contributed by atoms with Crippen molar-refractivity contribution in [3.63, 3.8) is 0 Å². The first kappa shape index (κ1) is 16.9. The fourth-order valence-corrected chi connectivity index (χ4v) is 2.11. The molecule has 20 heavy (non-hydrogen) atoms. The Morgan fingerprint density at radius 2 is 2.20 bits per heavy atom. The maximum atomic E-state index is 12.3. The molecular formula is C11H16F3N3O2S. The molecule has 0 atom stereocenters. The van der Waals surface area contributed by atoms with Crippen molar-refractivity contribution in [3.05, 3.63) is 16.1 Å². The maximum Gasteiger partial charge on any atom is 0.434 e. The van der Waals surface area contributed by atoms with Gasteiger partial charge in [-0.2, -0.15) is 13.2 Å². The van der Waals surface area contributed by atoms with E-state index in [4.69, 9.17) is 4.74 Å². The smallest absolute Gasteiger partial charge is 0.383 e. The van der Waals surface area contributed by atoms with Crippen LogP contribution >= 0.6 is 11.3 Å². The topological polar surface area (TPSA) is 63.2 Å². The van der Waals surface area contributed by atoms with Gasteiger partial charge in [0.1, 0.15) is 0 Å². The number of hydrogen-bond donors (Lipinski definition) is 2. The lowest BCUT2D eigenvalue weighted by Gasteiger charge is -2.05. The van der Waals surface area contributed by atoms with Gasteiger partial charge >= 0.3 is 6.18 Å². The zero-order chi connectivity index (χ0) is 15.0. The number of halogens is 3. The van der Waals surface area contributed by atoms with Crippen LogP contribution in [-0.2, 0) is 22.1 Å². The number of hydrogen-bond acceptors (Lipinski definition) is 5. The average Bonchev–Trinajstić information content (AvgIpc) is 2.83. The fraction of sp³-hybridized carbons (Fsp3) is 0.636. The van der Waals surface area contributed by atoms with E-state index in [2.05, 4.69) is 15.6 Å². The van der Waals surface area contributed by atoms with Crippen molar-refractivity contribution in [3.8, 4) is 0 Å². The molecule has 0 spiro atoms. The number of carbonyl (C=O) groups is 1. The van der Waals surface area contributed by atoms with Crippen molar-refractivity contribution in [2.24, 2.45) is 0 Å². The molecule has 2 N–H and O–H groups in total. The van der Waals surface area contributed by atoms with Gasteiger partial charge in [0.25, 0.3) is 0 Å². The van der Waals surface area contributed by atoms with E-state index in [0.29, 0.717) is 18.2 Å². The van der Waals surface area contributed by atoms with E-state index in [9.17, 15) is 18.0 Å². The average molecular weight is 311 g/mol. The first-order chi connectivity index (χ1) is 9.43. The highest BCUT2D eigenvalue weighted by molar-refractivity contribution is 7.09. The van der Waals surface area contributed by atoms with Gasteiger partial charge in [0.05, 0.1) is 18.2 Å². The predicted molar refractivity (Wildman–Crippen MR) is 68.6 cm³/mol. The third kappa shape index (κ3) is 6.31. The zero-order valence-corrected chi connectivity index (χ0v) is 11.7. The summed E-state index contributed by atoms with van der Waals surface area (Å²) in [5.41, 5.74) is -0.884. The molecule has 1 rings (SSSR count). The number of carbonyl (C=O) groups excluding carboxylic acids is 1. The van der Waals surface area contributed by atoms with Gasteiger partial charge in [0, 0.05) is 32.0 Å². The number of ether oxygens (including phenoxy) is 1. The standard InChI is InChI=1S/C11H16F3N3O2S/c1-19-5-4-15-6-9(18)16-3-2-10-17-8(7-20-10)11(12,13)14/h7,15H,2-6H2,1H3,(H,16,18). The Labute approximate surface area is 118 Å². The molecular weight excluding hydrogens is 295 g/mol. The molecule has 0 saturated carbocycles. The molecule has 1 aromatic rings. The van der Waals surface area contributed by atoms with E-state index in [1.165, 1.54) is 0 Å². The van der Waals surface area contributed by atoms with Gasteiger partial charge < -0.3 is 15.4 Å². The third-order valence-electron chi connectivity index (χ3n) is 2.27. The van der Waals surface area contributed by atoms with Gasteiger partial charge in [-0.3, -0.25) is 4.79 Å². The highest BCUT2D eigenvalue weighted by Crippen LogP contribution is 2.29. The van der Waals surface area contributed by atoms with Crippen molar-refractivity contribution < 1.29 is 22.7 Å². The van der Waals surface area contributed by atoms with Gasteiger partial charge in [-0.25, -0.2) is 4.98 Å². The molecule has 114 valence electrons. The van der Waals surface area contributed by atoms with Crippen LogP contribution in [0.5, 0.6) is 0 Å². The Bertz CT molecular complexity index is 423. The predicted octanol–water partition coefficient (Wildman–Crippen LogP) is 1.06. The molecule has 0 aliphatic heterocycles. The van der Waals surface area contributed by atoms with Crippen molar-refractivity contribution >= 4 is 17.2 Å². The summed E-state index contributed by atoms with van der Waals surface area (Å²) in [5.74, 6) is -0.214. The molecule has 0 fully saturated rings. The van der Waals surface area contributed by atoms with E-state index >= 15 is 0 Å². The van der Waals surface area contributed by atoms with Crippen molar-refractivity contribution in [1.82, 2.24) is 15.6 Å². The quantitative estimate of drug-likeness (QED) is 0.705. The molecule has 1 heterocycles. The van der Waals surface area contributed by atoms with Gasteiger partial charge in [-0.15, -0.1) is 11.3 Å². The van der Waals surface area contributed by atoms with Gasteiger partial charge in [0.15, 0.2) is 5.69 Å². The maximum absolute atomic E-state index is 12.3. The Morgan fingerprint density at radius 1 is 1.45 bits per heavy atom. The number of amides is 1.